The number of thiazole rings is 1. The number of nitrogens with zero attached hydrogens (tertiary/aromatic N) is 1. The fourth-order valence-corrected chi connectivity index (χ4v) is 3.87. The van der Waals surface area contributed by atoms with Gasteiger partial charge >= 0.3 is 0 Å². The number of anilines is 1. The standard InChI is InChI=1S/C16H21N3OS/c1-3-16(7-4-8-17-10-16)15(20)19-12-5-6-13-14(9-12)21-11(2)18-13/h5-6,9,17H,3-4,7-8,10H2,1-2H3,(H,19,20). The lowest BCUT2D eigenvalue weighted by atomic mass is 9.77. The topological polar surface area (TPSA) is 54.0 Å². The van der Waals surface area contributed by atoms with E-state index in [2.05, 4.69) is 22.5 Å². The van der Waals surface area contributed by atoms with Crippen LogP contribution in [0, 0.1) is 12.3 Å². The Balaban J connectivity index is 1.81. The van der Waals surface area contributed by atoms with E-state index in [9.17, 15) is 4.79 Å². The first-order chi connectivity index (χ1) is 10.1. The number of hydrogen-bond acceptors (Lipinski definition) is 4. The molecule has 0 saturated carbocycles. The number of rotatable bonds is 3. The van der Waals surface area contributed by atoms with Crippen LogP contribution in [0.4, 0.5) is 5.69 Å². The van der Waals surface area contributed by atoms with Crippen LogP contribution >= 0.6 is 11.3 Å². The van der Waals surface area contributed by atoms with Gasteiger partial charge in [0.15, 0.2) is 0 Å². The van der Waals surface area contributed by atoms with Gasteiger partial charge in [-0.3, -0.25) is 4.79 Å². The van der Waals surface area contributed by atoms with Crippen LogP contribution in [0.2, 0.25) is 0 Å². The van der Waals surface area contributed by atoms with E-state index < -0.39 is 0 Å². The molecule has 5 heteroatoms. The van der Waals surface area contributed by atoms with Crippen LogP contribution < -0.4 is 10.6 Å². The summed E-state index contributed by atoms with van der Waals surface area (Å²) in [5, 5.41) is 7.51. The minimum absolute atomic E-state index is 0.137. The fraction of sp³-hybridized carbons (Fsp3) is 0.500. The first-order valence-corrected chi connectivity index (χ1v) is 8.34. The lowest BCUT2D eigenvalue weighted by Crippen LogP contribution is -2.47. The van der Waals surface area contributed by atoms with E-state index in [1.165, 1.54) is 0 Å². The predicted molar refractivity (Wildman–Crippen MR) is 87.8 cm³/mol. The second-order valence-corrected chi connectivity index (χ2v) is 7.02. The summed E-state index contributed by atoms with van der Waals surface area (Å²) in [6.07, 6.45) is 2.90. The molecule has 1 saturated heterocycles. The number of carbonyl (C=O) groups is 1. The Kier molecular flexibility index (Phi) is 3.95. The SMILES string of the molecule is CCC1(C(=O)Nc2ccc3nc(C)sc3c2)CCCNC1. The molecule has 3 rings (SSSR count). The molecule has 4 nitrogen and oxygen atoms in total. The summed E-state index contributed by atoms with van der Waals surface area (Å²) in [7, 11) is 0. The highest BCUT2D eigenvalue weighted by Gasteiger charge is 2.37. The highest BCUT2D eigenvalue weighted by Crippen LogP contribution is 2.32. The molecule has 0 spiro atoms. The van der Waals surface area contributed by atoms with Crippen molar-refractivity contribution in [1.29, 1.82) is 0 Å². The van der Waals surface area contributed by atoms with Gasteiger partial charge in [0.1, 0.15) is 0 Å². The minimum Gasteiger partial charge on any atom is -0.326 e. The van der Waals surface area contributed by atoms with Gasteiger partial charge in [0.05, 0.1) is 20.6 Å². The Bertz CT molecular complexity index is 659. The van der Waals surface area contributed by atoms with Gasteiger partial charge in [0.25, 0.3) is 0 Å². The van der Waals surface area contributed by atoms with Gasteiger partial charge < -0.3 is 10.6 Å². The molecule has 1 atom stereocenters. The molecule has 1 aromatic carbocycles. The van der Waals surface area contributed by atoms with Gasteiger partial charge in [0, 0.05) is 12.2 Å². The van der Waals surface area contributed by atoms with E-state index in [-0.39, 0.29) is 11.3 Å². The smallest absolute Gasteiger partial charge is 0.231 e. The average Bonchev–Trinajstić information content (AvgIpc) is 2.87. The van der Waals surface area contributed by atoms with Crippen molar-refractivity contribution in [2.75, 3.05) is 18.4 Å². The van der Waals surface area contributed by atoms with E-state index in [4.69, 9.17) is 0 Å². The number of benzene rings is 1. The van der Waals surface area contributed by atoms with Crippen molar-refractivity contribution < 1.29 is 4.79 Å². The quantitative estimate of drug-likeness (QED) is 0.914. The summed E-state index contributed by atoms with van der Waals surface area (Å²) in [5.74, 6) is 0.137. The summed E-state index contributed by atoms with van der Waals surface area (Å²) in [5.41, 5.74) is 1.60. The maximum Gasteiger partial charge on any atom is 0.231 e. The van der Waals surface area contributed by atoms with Crippen molar-refractivity contribution >= 4 is 33.1 Å². The van der Waals surface area contributed by atoms with Crippen LogP contribution in [0.5, 0.6) is 0 Å². The largest absolute Gasteiger partial charge is 0.326 e. The highest BCUT2D eigenvalue weighted by atomic mass is 32.1. The summed E-state index contributed by atoms with van der Waals surface area (Å²) >= 11 is 1.66. The normalized spacial score (nSPS) is 22.4. The van der Waals surface area contributed by atoms with Gasteiger partial charge in [-0.25, -0.2) is 4.98 Å². The summed E-state index contributed by atoms with van der Waals surface area (Å²) in [4.78, 5) is 17.1. The van der Waals surface area contributed by atoms with Crippen molar-refractivity contribution in [3.63, 3.8) is 0 Å². The zero-order chi connectivity index (χ0) is 14.9. The van der Waals surface area contributed by atoms with Gasteiger partial charge in [-0.2, -0.15) is 0 Å². The molecule has 0 radical (unpaired) electrons. The lowest BCUT2D eigenvalue weighted by Gasteiger charge is -2.35. The zero-order valence-electron chi connectivity index (χ0n) is 12.5. The van der Waals surface area contributed by atoms with Crippen LogP contribution in [0.25, 0.3) is 10.2 Å². The summed E-state index contributed by atoms with van der Waals surface area (Å²) in [6.45, 7) is 5.89. The molecule has 112 valence electrons. The number of aryl methyl sites for hydroxylation is 1. The first-order valence-electron chi connectivity index (χ1n) is 7.52. The third-order valence-corrected chi connectivity index (χ3v) is 5.32. The molecule has 2 N–H and O–H groups in total. The summed E-state index contributed by atoms with van der Waals surface area (Å²) < 4.78 is 1.12. The van der Waals surface area contributed by atoms with Crippen LogP contribution in [0.15, 0.2) is 18.2 Å². The number of carbonyl (C=O) groups excluding carboxylic acids is 1. The molecule has 1 unspecified atom stereocenters. The Morgan fingerprint density at radius 3 is 3.10 bits per heavy atom. The van der Waals surface area contributed by atoms with E-state index in [1.54, 1.807) is 11.3 Å². The van der Waals surface area contributed by atoms with E-state index in [0.717, 1.165) is 53.3 Å². The third kappa shape index (κ3) is 2.80. The van der Waals surface area contributed by atoms with Crippen LogP contribution in [-0.4, -0.2) is 24.0 Å². The molecule has 1 aliphatic heterocycles. The lowest BCUT2D eigenvalue weighted by molar-refractivity contribution is -0.126. The number of aromatic nitrogens is 1. The Hall–Kier alpha value is -1.46. The molecule has 1 fully saturated rings. The second kappa shape index (κ2) is 5.73. The van der Waals surface area contributed by atoms with E-state index in [1.807, 2.05) is 25.1 Å². The van der Waals surface area contributed by atoms with Gasteiger partial charge in [-0.15, -0.1) is 11.3 Å². The Morgan fingerprint density at radius 2 is 2.38 bits per heavy atom. The summed E-state index contributed by atoms with van der Waals surface area (Å²) in [6, 6.07) is 5.95. The monoisotopic (exact) mass is 303 g/mol. The van der Waals surface area contributed by atoms with Crippen molar-refractivity contribution in [2.45, 2.75) is 33.1 Å². The molecule has 0 aliphatic carbocycles. The number of hydrogen-bond donors (Lipinski definition) is 2. The number of piperidine rings is 1. The predicted octanol–water partition coefficient (Wildman–Crippen LogP) is 3.32. The van der Waals surface area contributed by atoms with Crippen molar-refractivity contribution in [1.82, 2.24) is 10.3 Å². The van der Waals surface area contributed by atoms with Gasteiger partial charge in [-0.05, 0) is 50.9 Å². The highest BCUT2D eigenvalue weighted by molar-refractivity contribution is 7.18. The number of nitrogens with one attached hydrogen (secondary N) is 2. The molecule has 21 heavy (non-hydrogen) atoms. The van der Waals surface area contributed by atoms with E-state index >= 15 is 0 Å². The molecular weight excluding hydrogens is 282 g/mol. The number of fused-ring (bicyclic) bond motifs is 1. The van der Waals surface area contributed by atoms with Crippen molar-refractivity contribution in [2.24, 2.45) is 5.41 Å². The number of amides is 1. The Morgan fingerprint density at radius 1 is 1.52 bits per heavy atom. The van der Waals surface area contributed by atoms with Crippen LogP contribution in [0.3, 0.4) is 0 Å². The van der Waals surface area contributed by atoms with Crippen molar-refractivity contribution in [3.05, 3.63) is 23.2 Å². The average molecular weight is 303 g/mol. The van der Waals surface area contributed by atoms with E-state index in [0.29, 0.717) is 0 Å². The van der Waals surface area contributed by atoms with Crippen molar-refractivity contribution in [3.8, 4) is 0 Å². The maximum absolute atomic E-state index is 12.7. The molecule has 2 heterocycles. The van der Waals surface area contributed by atoms with Gasteiger partial charge in [0.2, 0.25) is 5.91 Å². The molecule has 1 amide bonds. The molecular formula is C16H21N3OS. The molecule has 1 aromatic heterocycles. The van der Waals surface area contributed by atoms with Crippen LogP contribution in [0.1, 0.15) is 31.2 Å². The molecule has 0 bridgehead atoms. The second-order valence-electron chi connectivity index (χ2n) is 5.78. The first kappa shape index (κ1) is 14.5. The molecule has 2 aromatic rings. The minimum atomic E-state index is -0.267. The van der Waals surface area contributed by atoms with Gasteiger partial charge in [-0.1, -0.05) is 6.92 Å². The zero-order valence-corrected chi connectivity index (χ0v) is 13.3. The van der Waals surface area contributed by atoms with Crippen LogP contribution in [-0.2, 0) is 4.79 Å². The third-order valence-electron chi connectivity index (χ3n) is 4.38. The Labute approximate surface area is 129 Å². The molecule has 1 aliphatic rings. The maximum atomic E-state index is 12.7. The fourth-order valence-electron chi connectivity index (χ4n) is 3.01.